The van der Waals surface area contributed by atoms with E-state index in [1.54, 1.807) is 33.4 Å². The summed E-state index contributed by atoms with van der Waals surface area (Å²) >= 11 is -1.88. The summed E-state index contributed by atoms with van der Waals surface area (Å²) in [6.45, 7) is 20.9. The van der Waals surface area contributed by atoms with E-state index in [2.05, 4.69) is 121 Å². The van der Waals surface area contributed by atoms with Crippen molar-refractivity contribution in [3.05, 3.63) is 105 Å². The number of fused-ring (bicyclic) bond motifs is 2. The van der Waals surface area contributed by atoms with Crippen molar-refractivity contribution < 1.29 is 45.7 Å². The molecule has 0 nitrogen and oxygen atoms in total. The molecule has 2 unspecified atom stereocenters. The van der Waals surface area contributed by atoms with E-state index in [0.29, 0.717) is 11.8 Å². The van der Waals surface area contributed by atoms with E-state index in [9.17, 15) is 0 Å². The first-order valence-corrected chi connectivity index (χ1v) is 24.6. The maximum Gasteiger partial charge on any atom is -1.00 e. The summed E-state index contributed by atoms with van der Waals surface area (Å²) in [5.74, 6) is 1.14. The van der Waals surface area contributed by atoms with Gasteiger partial charge in [0.1, 0.15) is 0 Å². The number of allylic oxidation sites excluding steroid dienone is 2. The first kappa shape index (κ1) is 34.0. The molecular weight excluding hydrogens is 611 g/mol. The van der Waals surface area contributed by atoms with Crippen LogP contribution in [0.1, 0.15) is 108 Å². The second-order valence-electron chi connectivity index (χ2n) is 11.2. The van der Waals surface area contributed by atoms with Crippen LogP contribution in [-0.2, 0) is 20.9 Å². The van der Waals surface area contributed by atoms with Crippen molar-refractivity contribution in [2.24, 2.45) is 0 Å². The summed E-state index contributed by atoms with van der Waals surface area (Å²) < 4.78 is 1.46. The molecule has 0 bridgehead atoms. The van der Waals surface area contributed by atoms with Crippen molar-refractivity contribution in [1.82, 2.24) is 0 Å². The van der Waals surface area contributed by atoms with E-state index in [4.69, 9.17) is 0 Å². The minimum atomic E-state index is -1.88. The van der Waals surface area contributed by atoms with E-state index >= 15 is 0 Å². The monoisotopic (exact) mass is 653 g/mol. The largest absolute Gasteiger partial charge is 1.00 e. The summed E-state index contributed by atoms with van der Waals surface area (Å²) in [6, 6.07) is 23.2. The van der Waals surface area contributed by atoms with Gasteiger partial charge >= 0.3 is 223 Å². The van der Waals surface area contributed by atoms with Gasteiger partial charge in [-0.05, 0) is 0 Å². The molecule has 0 radical (unpaired) electrons. The molecule has 0 fully saturated rings. The van der Waals surface area contributed by atoms with E-state index in [1.807, 2.05) is 13.8 Å². The van der Waals surface area contributed by atoms with Crippen molar-refractivity contribution in [3.8, 4) is 11.1 Å². The number of hydrogen-bond acceptors (Lipinski definition) is 0. The average Bonchev–Trinajstić information content (AvgIpc) is 3.41. The molecule has 0 N–H and O–H groups in total. The molecule has 0 aromatic heterocycles. The van der Waals surface area contributed by atoms with Gasteiger partial charge in [0, 0.05) is 0 Å². The van der Waals surface area contributed by atoms with Gasteiger partial charge in [0.05, 0.1) is 0 Å². The third-order valence-corrected chi connectivity index (χ3v) is 27.3. The molecule has 0 spiro atoms. The van der Waals surface area contributed by atoms with Crippen molar-refractivity contribution in [2.75, 3.05) is 0 Å². The fourth-order valence-corrected chi connectivity index (χ4v) is 27.0. The van der Waals surface area contributed by atoms with Crippen molar-refractivity contribution in [1.29, 1.82) is 0 Å². The summed E-state index contributed by atoms with van der Waals surface area (Å²) in [7, 11) is 0. The predicted molar refractivity (Wildman–Crippen MR) is 165 cm³/mol. The number of hydrogen-bond donors (Lipinski definition) is 0. The number of rotatable bonds is 6. The van der Waals surface area contributed by atoms with Gasteiger partial charge in [0.2, 0.25) is 0 Å². The Kier molecular flexibility index (Phi) is 12.8. The van der Waals surface area contributed by atoms with Crippen LogP contribution in [0.4, 0.5) is 0 Å². The van der Waals surface area contributed by atoms with Crippen LogP contribution < -0.4 is 24.8 Å². The predicted octanol–water partition coefficient (Wildman–Crippen LogP) is 4.00. The molecule has 3 aromatic carbocycles. The Bertz CT molecular complexity index is 1320. The summed E-state index contributed by atoms with van der Waals surface area (Å²) in [5.41, 5.74) is 15.6. The Labute approximate surface area is 260 Å². The average molecular weight is 656 g/mol. The van der Waals surface area contributed by atoms with E-state index in [0.717, 1.165) is 7.25 Å². The molecule has 2 aliphatic rings. The third kappa shape index (κ3) is 6.51. The van der Waals surface area contributed by atoms with Gasteiger partial charge in [-0.3, -0.25) is 0 Å². The first-order chi connectivity index (χ1) is 17.8. The Morgan fingerprint density at radius 3 is 1.85 bits per heavy atom. The van der Waals surface area contributed by atoms with Gasteiger partial charge in [0.15, 0.2) is 0 Å². The van der Waals surface area contributed by atoms with Crippen LogP contribution in [0.15, 0.2) is 71.8 Å². The molecule has 207 valence electrons. The van der Waals surface area contributed by atoms with Gasteiger partial charge in [0.25, 0.3) is 0 Å². The second-order valence-corrected chi connectivity index (χ2v) is 27.6. The quantitative estimate of drug-likeness (QED) is 0.353. The van der Waals surface area contributed by atoms with Crippen LogP contribution in [0.3, 0.4) is 0 Å². The third-order valence-electron chi connectivity index (χ3n) is 8.21. The normalized spacial score (nSPS) is 17.1. The Morgan fingerprint density at radius 2 is 1.28 bits per heavy atom. The zero-order valence-corrected chi connectivity index (χ0v) is 30.6. The number of benzene rings is 3. The molecule has 0 aliphatic heterocycles. The van der Waals surface area contributed by atoms with Crippen molar-refractivity contribution in [3.63, 3.8) is 0 Å². The second kappa shape index (κ2) is 14.6. The maximum atomic E-state index is 2.63. The van der Waals surface area contributed by atoms with Gasteiger partial charge in [-0.2, -0.15) is 0 Å². The molecule has 4 heteroatoms. The molecule has 39 heavy (non-hydrogen) atoms. The molecule has 3 aromatic rings. The first-order valence-electron chi connectivity index (χ1n) is 14.4. The standard InChI is InChI=1S/C16H13.C16H21.C2H6.CH5Si.2ClH.Zr/c1-12-10-14-8-5-9-15(16(14)11-12)13-6-3-2-4-7-13;1-10(2)13-8-14-6-12(5)7-16(14)15(9-13)11(3)4;2*1-2;;;/h2-11H,1H3;6-11H,1-5H3;1-2H3;2H2,1H3;2*1H;/q;;;;;;+2/p-2. The smallest absolute Gasteiger partial charge is 1.00 e. The zero-order chi connectivity index (χ0) is 26.9. The van der Waals surface area contributed by atoms with Crippen LogP contribution in [0, 0.1) is 0 Å². The summed E-state index contributed by atoms with van der Waals surface area (Å²) in [4.78, 5) is 0. The van der Waals surface area contributed by atoms with Crippen LogP contribution in [-0.4, -0.2) is 6.65 Å². The fraction of sp³-hybridized carbons (Fsp3) is 0.371. The van der Waals surface area contributed by atoms with Crippen molar-refractivity contribution >= 4 is 18.8 Å². The van der Waals surface area contributed by atoms with Crippen LogP contribution >= 0.6 is 0 Å². The Morgan fingerprint density at radius 1 is 0.692 bits per heavy atom. The van der Waals surface area contributed by atoms with E-state index in [1.165, 1.54) is 22.3 Å². The van der Waals surface area contributed by atoms with Gasteiger partial charge in [-0.15, -0.1) is 0 Å². The minimum Gasteiger partial charge on any atom is -1.00 e. The molecule has 0 saturated carbocycles. The summed E-state index contributed by atoms with van der Waals surface area (Å²) in [6.07, 6.45) is 5.13. The minimum absolute atomic E-state index is 0. The van der Waals surface area contributed by atoms with Gasteiger partial charge in [-0.25, -0.2) is 0 Å². The van der Waals surface area contributed by atoms with Gasteiger partial charge in [-0.1, -0.05) is 13.8 Å². The fourth-order valence-electron chi connectivity index (χ4n) is 6.48. The topological polar surface area (TPSA) is 0 Å². The van der Waals surface area contributed by atoms with Gasteiger partial charge < -0.3 is 24.8 Å². The molecule has 5 rings (SSSR count). The van der Waals surface area contributed by atoms with Crippen LogP contribution in [0.25, 0.3) is 23.3 Å². The van der Waals surface area contributed by atoms with Crippen LogP contribution in [0.5, 0.6) is 0 Å². The molecular formula is C35H45Cl2SiZr. The van der Waals surface area contributed by atoms with Crippen molar-refractivity contribution in [2.45, 2.75) is 81.0 Å². The molecule has 2 atom stereocenters. The summed E-state index contributed by atoms with van der Waals surface area (Å²) in [5, 5.41) is 0. The Balaban J connectivity index is 0.00000130. The molecule has 0 saturated heterocycles. The molecule has 0 amide bonds. The van der Waals surface area contributed by atoms with E-state index in [-0.39, 0.29) is 31.5 Å². The number of halogens is 2. The maximum absolute atomic E-state index is 2.63. The van der Waals surface area contributed by atoms with E-state index < -0.39 is 20.9 Å². The van der Waals surface area contributed by atoms with Crippen LogP contribution in [0.2, 0.25) is 6.55 Å². The SMILES string of the molecule is CC.C[SiH2][Zr+2]([CH]1C(C)=Cc2c(-c3ccccc3)cccc21)[CH]1C(C)=Cc2c(C(C)C)cc(C(C)C)cc21.[Cl-].[Cl-]. The molecule has 2 aliphatic carbocycles. The molecule has 0 heterocycles. The Hall–Kier alpha value is -1.18. The zero-order valence-electron chi connectivity index (χ0n) is 25.2.